The molecule has 0 heterocycles. The lowest BCUT2D eigenvalue weighted by molar-refractivity contribution is -0.120. The summed E-state index contributed by atoms with van der Waals surface area (Å²) < 4.78 is 0. The van der Waals surface area contributed by atoms with Crippen molar-refractivity contribution in [1.29, 1.82) is 0 Å². The Morgan fingerprint density at radius 3 is 2.48 bits per heavy atom. The average molecular weight is 312 g/mol. The van der Waals surface area contributed by atoms with Crippen LogP contribution in [-0.2, 0) is 4.79 Å². The van der Waals surface area contributed by atoms with Gasteiger partial charge in [-0.1, -0.05) is 24.3 Å². The molecule has 0 fully saturated rings. The summed E-state index contributed by atoms with van der Waals surface area (Å²) in [5.41, 5.74) is 2.40. The second-order valence-corrected chi connectivity index (χ2v) is 5.16. The van der Waals surface area contributed by atoms with E-state index in [4.69, 9.17) is 0 Å². The maximum atomic E-state index is 12.1. The lowest BCUT2D eigenvalue weighted by atomic mass is 10.0. The topological polar surface area (TPSA) is 78.4 Å². The van der Waals surface area contributed by atoms with Crippen molar-refractivity contribution in [3.63, 3.8) is 0 Å². The first-order valence-electron chi connectivity index (χ1n) is 7.48. The number of hydrogen-bond donors (Lipinski definition) is 3. The van der Waals surface area contributed by atoms with Gasteiger partial charge in [-0.2, -0.15) is 0 Å². The molecule has 0 spiro atoms. The fraction of sp³-hybridized carbons (Fsp3) is 0.222. The minimum atomic E-state index is -0.164. The number of hydrogen-bond acceptors (Lipinski definition) is 3. The molecule has 2 amide bonds. The maximum absolute atomic E-state index is 12.1. The maximum Gasteiger partial charge on any atom is 0.251 e. The molecular weight excluding hydrogens is 292 g/mol. The van der Waals surface area contributed by atoms with Crippen LogP contribution in [0, 0.1) is 0 Å². The van der Waals surface area contributed by atoms with Crippen LogP contribution in [0.5, 0.6) is 5.75 Å². The van der Waals surface area contributed by atoms with E-state index in [2.05, 4.69) is 10.6 Å². The van der Waals surface area contributed by atoms with E-state index in [1.54, 1.807) is 43.4 Å². The van der Waals surface area contributed by atoms with E-state index in [1.165, 1.54) is 0 Å². The highest BCUT2D eigenvalue weighted by molar-refractivity contribution is 5.95. The minimum Gasteiger partial charge on any atom is -0.508 e. The molecule has 0 atom stereocenters. The molecule has 2 aromatic rings. The zero-order valence-corrected chi connectivity index (χ0v) is 13.0. The first-order valence-corrected chi connectivity index (χ1v) is 7.48. The van der Waals surface area contributed by atoms with E-state index >= 15 is 0 Å². The van der Waals surface area contributed by atoms with Gasteiger partial charge in [-0.15, -0.1) is 0 Å². The Balaban J connectivity index is 1.97. The largest absolute Gasteiger partial charge is 0.508 e. The summed E-state index contributed by atoms with van der Waals surface area (Å²) >= 11 is 0. The van der Waals surface area contributed by atoms with Gasteiger partial charge in [0.15, 0.2) is 0 Å². The van der Waals surface area contributed by atoms with Crippen molar-refractivity contribution in [2.24, 2.45) is 0 Å². The number of carbonyl (C=O) groups excluding carboxylic acids is 2. The van der Waals surface area contributed by atoms with Crippen molar-refractivity contribution in [1.82, 2.24) is 10.6 Å². The highest BCUT2D eigenvalue weighted by Crippen LogP contribution is 2.22. The lowest BCUT2D eigenvalue weighted by Crippen LogP contribution is -2.26. The molecular formula is C18H20N2O3. The standard InChI is InChI=1S/C18H20N2O3/c1-19-17(22)6-3-11-20-18(23)15-5-2-4-14(12-15)13-7-9-16(21)10-8-13/h2,4-5,7-10,12,21H,3,6,11H2,1H3,(H,19,22)(H,20,23). The molecule has 0 aliphatic rings. The number of phenolic OH excluding ortho intramolecular Hbond substituents is 1. The zero-order valence-electron chi connectivity index (χ0n) is 13.0. The fourth-order valence-electron chi connectivity index (χ4n) is 2.17. The van der Waals surface area contributed by atoms with Gasteiger partial charge in [-0.05, 0) is 41.8 Å². The van der Waals surface area contributed by atoms with Gasteiger partial charge >= 0.3 is 0 Å². The predicted molar refractivity (Wildman–Crippen MR) is 89.2 cm³/mol. The Morgan fingerprint density at radius 2 is 1.78 bits per heavy atom. The number of aromatic hydroxyl groups is 1. The number of nitrogens with one attached hydrogen (secondary N) is 2. The summed E-state index contributed by atoms with van der Waals surface area (Å²) in [6.07, 6.45) is 0.993. The first kappa shape index (κ1) is 16.5. The molecule has 0 aliphatic heterocycles. The molecule has 0 saturated carbocycles. The van der Waals surface area contributed by atoms with Gasteiger partial charge < -0.3 is 15.7 Å². The Labute approximate surface area is 135 Å². The van der Waals surface area contributed by atoms with E-state index in [1.807, 2.05) is 12.1 Å². The van der Waals surface area contributed by atoms with Gasteiger partial charge in [-0.25, -0.2) is 0 Å². The summed E-state index contributed by atoms with van der Waals surface area (Å²) in [6.45, 7) is 0.454. The van der Waals surface area contributed by atoms with Gasteiger partial charge in [0.1, 0.15) is 5.75 Å². The third-order valence-corrected chi connectivity index (χ3v) is 3.47. The summed E-state index contributed by atoms with van der Waals surface area (Å²) in [5, 5.41) is 14.7. The van der Waals surface area contributed by atoms with Crippen LogP contribution < -0.4 is 10.6 Å². The minimum absolute atomic E-state index is 0.0337. The van der Waals surface area contributed by atoms with Gasteiger partial charge in [0.25, 0.3) is 5.91 Å². The van der Waals surface area contributed by atoms with E-state index in [9.17, 15) is 14.7 Å². The fourth-order valence-corrected chi connectivity index (χ4v) is 2.17. The van der Waals surface area contributed by atoms with Crippen molar-refractivity contribution in [3.8, 4) is 16.9 Å². The molecule has 5 nitrogen and oxygen atoms in total. The van der Waals surface area contributed by atoms with Crippen LogP contribution in [0.25, 0.3) is 11.1 Å². The van der Waals surface area contributed by atoms with Crippen molar-refractivity contribution >= 4 is 11.8 Å². The third kappa shape index (κ3) is 4.85. The number of carbonyl (C=O) groups is 2. The molecule has 0 aliphatic carbocycles. The van der Waals surface area contributed by atoms with E-state index in [-0.39, 0.29) is 17.6 Å². The highest BCUT2D eigenvalue weighted by Gasteiger charge is 2.07. The van der Waals surface area contributed by atoms with Crippen LogP contribution in [0.15, 0.2) is 48.5 Å². The number of rotatable bonds is 6. The summed E-state index contributed by atoms with van der Waals surface area (Å²) in [6, 6.07) is 14.1. The Bertz CT molecular complexity index is 681. The molecule has 0 aromatic heterocycles. The van der Waals surface area contributed by atoms with Crippen LogP contribution in [0.3, 0.4) is 0 Å². The van der Waals surface area contributed by atoms with Crippen molar-refractivity contribution in [2.75, 3.05) is 13.6 Å². The second kappa shape index (κ2) is 7.98. The molecule has 3 N–H and O–H groups in total. The Kier molecular flexibility index (Phi) is 5.74. The predicted octanol–water partition coefficient (Wildman–Crippen LogP) is 2.32. The molecule has 0 bridgehead atoms. The molecule has 2 aromatic carbocycles. The molecule has 120 valence electrons. The van der Waals surface area contributed by atoms with Gasteiger partial charge in [0.05, 0.1) is 0 Å². The Morgan fingerprint density at radius 1 is 1.04 bits per heavy atom. The molecule has 0 radical (unpaired) electrons. The van der Waals surface area contributed by atoms with E-state index in [0.29, 0.717) is 24.9 Å². The Hall–Kier alpha value is -2.82. The summed E-state index contributed by atoms with van der Waals surface area (Å²) in [4.78, 5) is 23.3. The van der Waals surface area contributed by atoms with Gasteiger partial charge in [-0.3, -0.25) is 9.59 Å². The van der Waals surface area contributed by atoms with Crippen LogP contribution >= 0.6 is 0 Å². The van der Waals surface area contributed by atoms with E-state index in [0.717, 1.165) is 11.1 Å². The lowest BCUT2D eigenvalue weighted by Gasteiger charge is -2.07. The zero-order chi connectivity index (χ0) is 16.7. The van der Waals surface area contributed by atoms with Gasteiger partial charge in [0, 0.05) is 25.6 Å². The van der Waals surface area contributed by atoms with Crippen molar-refractivity contribution < 1.29 is 14.7 Å². The van der Waals surface area contributed by atoms with Crippen molar-refractivity contribution in [3.05, 3.63) is 54.1 Å². The van der Waals surface area contributed by atoms with Crippen molar-refractivity contribution in [2.45, 2.75) is 12.8 Å². The number of benzene rings is 2. The quantitative estimate of drug-likeness (QED) is 0.716. The molecule has 0 saturated heterocycles. The highest BCUT2D eigenvalue weighted by atomic mass is 16.3. The van der Waals surface area contributed by atoms with Gasteiger partial charge in [0.2, 0.25) is 5.91 Å². The molecule has 5 heteroatoms. The monoisotopic (exact) mass is 312 g/mol. The average Bonchev–Trinajstić information content (AvgIpc) is 2.59. The molecule has 0 unspecified atom stereocenters. The van der Waals surface area contributed by atoms with Crippen LogP contribution in [0.4, 0.5) is 0 Å². The van der Waals surface area contributed by atoms with Crippen LogP contribution in [0.2, 0.25) is 0 Å². The smallest absolute Gasteiger partial charge is 0.251 e. The first-order chi connectivity index (χ1) is 11.1. The third-order valence-electron chi connectivity index (χ3n) is 3.47. The molecule has 2 rings (SSSR count). The summed E-state index contributed by atoms with van der Waals surface area (Å²) in [7, 11) is 1.59. The SMILES string of the molecule is CNC(=O)CCCNC(=O)c1cccc(-c2ccc(O)cc2)c1. The van der Waals surface area contributed by atoms with Crippen LogP contribution in [0.1, 0.15) is 23.2 Å². The van der Waals surface area contributed by atoms with E-state index < -0.39 is 0 Å². The normalized spacial score (nSPS) is 10.1. The second-order valence-electron chi connectivity index (χ2n) is 5.16. The number of amides is 2. The molecule has 23 heavy (non-hydrogen) atoms. The summed E-state index contributed by atoms with van der Waals surface area (Å²) in [5.74, 6) is 0.00914. The van der Waals surface area contributed by atoms with Crippen LogP contribution in [-0.4, -0.2) is 30.5 Å². The number of phenols is 1.